The molecule has 442 valence electrons. The number of rotatable bonds is 55. The van der Waals surface area contributed by atoms with Gasteiger partial charge in [0.2, 0.25) is 5.91 Å². The van der Waals surface area contributed by atoms with Gasteiger partial charge in [-0.3, -0.25) is 9.35 Å². The average Bonchev–Trinajstić information content (AvgIpc) is 3.39. The molecule has 0 aromatic carbocycles. The van der Waals surface area contributed by atoms with Crippen LogP contribution in [0.15, 0.2) is 36.5 Å². The van der Waals surface area contributed by atoms with E-state index < -0.39 is 59.9 Å². The zero-order chi connectivity index (χ0) is 54.7. The van der Waals surface area contributed by atoms with Crippen molar-refractivity contribution in [2.24, 2.45) is 0 Å². The Hall–Kier alpha value is -1.68. The third-order valence-electron chi connectivity index (χ3n) is 14.9. The molecule has 12 nitrogen and oxygen atoms in total. The Morgan fingerprint density at radius 3 is 1.27 bits per heavy atom. The molecule has 0 aromatic rings. The highest BCUT2D eigenvalue weighted by Crippen LogP contribution is 2.26. The van der Waals surface area contributed by atoms with E-state index in [1.54, 1.807) is 6.08 Å². The molecule has 0 aliphatic carbocycles. The second-order valence-electron chi connectivity index (χ2n) is 22.0. The Balaban J connectivity index is 2.10. The Morgan fingerprint density at radius 2 is 0.893 bits per heavy atom. The molecule has 1 saturated heterocycles. The summed E-state index contributed by atoms with van der Waals surface area (Å²) in [4.78, 5) is 13.1. The number of unbranched alkanes of at least 4 members (excludes halogenated alkanes) is 39. The molecular formula is C62H117NO11S. The standard InChI is InChI=1S/C62H117NO11S/c1-3-5-7-9-11-13-14-15-16-17-18-19-20-21-22-23-24-25-26-27-28-29-30-31-32-33-34-35-36-37-38-39-40-41-42-44-46-48-50-52-58(66)63-55(56(65)51-49-47-45-43-12-10-8-6-4-2)54-72-62-60(68)61(74-75(69,70)71)59(67)57(53-64)73-62/h24-25,27-28,49,51,55-57,59-62,64-65,67-68H,3-23,26,29-48,50,52-54H2,1-2H3,(H,63,66)(H,69,70,71)/b25-24-,28-27-,51-49+. The van der Waals surface area contributed by atoms with Crippen LogP contribution in [-0.4, -0.2) is 95.4 Å². The van der Waals surface area contributed by atoms with Gasteiger partial charge in [0.15, 0.2) is 6.29 Å². The molecule has 0 bridgehead atoms. The summed E-state index contributed by atoms with van der Waals surface area (Å²) in [5.74, 6) is -0.262. The van der Waals surface area contributed by atoms with Crippen LogP contribution in [0.3, 0.4) is 0 Å². The maximum absolute atomic E-state index is 13.1. The van der Waals surface area contributed by atoms with Crippen molar-refractivity contribution >= 4 is 16.3 Å². The largest absolute Gasteiger partial charge is 0.397 e. The number of hydrogen-bond donors (Lipinski definition) is 6. The summed E-state index contributed by atoms with van der Waals surface area (Å²) in [6, 6.07) is -0.942. The topological polar surface area (TPSA) is 192 Å². The molecule has 13 heteroatoms. The highest BCUT2D eigenvalue weighted by molar-refractivity contribution is 7.80. The smallest absolute Gasteiger partial charge is 0.394 e. The summed E-state index contributed by atoms with van der Waals surface area (Å²) in [7, 11) is -5.08. The van der Waals surface area contributed by atoms with Crippen molar-refractivity contribution in [3.8, 4) is 0 Å². The van der Waals surface area contributed by atoms with Gasteiger partial charge in [0.25, 0.3) is 0 Å². The van der Waals surface area contributed by atoms with Crippen molar-refractivity contribution in [1.29, 1.82) is 0 Å². The van der Waals surface area contributed by atoms with E-state index in [1.807, 2.05) is 6.08 Å². The molecule has 75 heavy (non-hydrogen) atoms. The first-order valence-electron chi connectivity index (χ1n) is 31.4. The lowest BCUT2D eigenvalue weighted by atomic mass is 9.99. The van der Waals surface area contributed by atoms with Gasteiger partial charge in [-0.15, -0.1) is 0 Å². The van der Waals surface area contributed by atoms with Gasteiger partial charge in [0.1, 0.15) is 24.4 Å². The van der Waals surface area contributed by atoms with Gasteiger partial charge in [-0.1, -0.05) is 275 Å². The number of allylic oxidation sites excluding steroid dienone is 5. The fourth-order valence-electron chi connectivity index (χ4n) is 10.1. The number of ether oxygens (including phenoxy) is 2. The van der Waals surface area contributed by atoms with Gasteiger partial charge >= 0.3 is 10.4 Å². The molecule has 0 saturated carbocycles. The molecule has 1 heterocycles. The van der Waals surface area contributed by atoms with Gasteiger partial charge < -0.3 is 35.2 Å². The minimum absolute atomic E-state index is 0.262. The molecular weight excluding hydrogens is 967 g/mol. The molecule has 1 fully saturated rings. The van der Waals surface area contributed by atoms with Crippen LogP contribution in [0.2, 0.25) is 0 Å². The van der Waals surface area contributed by atoms with Crippen molar-refractivity contribution in [2.75, 3.05) is 13.2 Å². The van der Waals surface area contributed by atoms with Crippen molar-refractivity contribution in [1.82, 2.24) is 5.32 Å². The summed E-state index contributed by atoms with van der Waals surface area (Å²) in [5.41, 5.74) is 0. The normalized spacial score (nSPS) is 19.3. The molecule has 1 aliphatic rings. The third-order valence-corrected chi connectivity index (χ3v) is 15.4. The lowest BCUT2D eigenvalue weighted by Gasteiger charge is -2.41. The molecule has 0 radical (unpaired) electrons. The Kier molecular flexibility index (Phi) is 49.2. The van der Waals surface area contributed by atoms with E-state index in [0.29, 0.717) is 6.42 Å². The van der Waals surface area contributed by atoms with E-state index in [9.17, 15) is 38.2 Å². The minimum atomic E-state index is -5.08. The maximum atomic E-state index is 13.1. The van der Waals surface area contributed by atoms with Crippen molar-refractivity contribution < 1.29 is 51.8 Å². The van der Waals surface area contributed by atoms with Gasteiger partial charge in [-0.25, -0.2) is 4.18 Å². The van der Waals surface area contributed by atoms with E-state index >= 15 is 0 Å². The quantitative estimate of drug-likeness (QED) is 0.0193. The first-order valence-corrected chi connectivity index (χ1v) is 32.7. The van der Waals surface area contributed by atoms with Gasteiger partial charge in [-0.05, 0) is 51.4 Å². The molecule has 0 aromatic heterocycles. The van der Waals surface area contributed by atoms with Crippen LogP contribution in [0.25, 0.3) is 0 Å². The van der Waals surface area contributed by atoms with Crippen LogP contribution < -0.4 is 5.32 Å². The molecule has 1 rings (SSSR count). The van der Waals surface area contributed by atoms with Crippen LogP contribution in [0, 0.1) is 0 Å². The van der Waals surface area contributed by atoms with E-state index in [4.69, 9.17) is 9.47 Å². The summed E-state index contributed by atoms with van der Waals surface area (Å²) in [6.45, 7) is 3.38. The number of nitrogens with one attached hydrogen (secondary N) is 1. The Morgan fingerprint density at radius 1 is 0.533 bits per heavy atom. The molecule has 1 aliphatic heterocycles. The first kappa shape index (κ1) is 71.3. The highest BCUT2D eigenvalue weighted by atomic mass is 32.3. The second kappa shape index (κ2) is 51.7. The number of carbonyl (C=O) groups excluding carboxylic acids is 1. The molecule has 6 N–H and O–H groups in total. The summed E-state index contributed by atoms with van der Waals surface area (Å²) in [5, 5.41) is 44.7. The second-order valence-corrected chi connectivity index (χ2v) is 23.0. The van der Waals surface area contributed by atoms with Crippen LogP contribution >= 0.6 is 0 Å². The molecule has 1 amide bonds. The third kappa shape index (κ3) is 43.8. The Labute approximate surface area is 460 Å². The number of aliphatic hydroxyl groups is 4. The minimum Gasteiger partial charge on any atom is -0.394 e. The monoisotopic (exact) mass is 1080 g/mol. The van der Waals surface area contributed by atoms with Crippen molar-refractivity contribution in [2.45, 2.75) is 339 Å². The van der Waals surface area contributed by atoms with E-state index in [0.717, 1.165) is 51.4 Å². The zero-order valence-corrected chi connectivity index (χ0v) is 48.9. The van der Waals surface area contributed by atoms with E-state index in [2.05, 4.69) is 47.7 Å². The molecule has 0 spiro atoms. The first-order chi connectivity index (χ1) is 36.5. The zero-order valence-electron chi connectivity index (χ0n) is 48.1. The highest BCUT2D eigenvalue weighted by Gasteiger charge is 2.48. The Bertz CT molecular complexity index is 1460. The van der Waals surface area contributed by atoms with Crippen molar-refractivity contribution in [3.63, 3.8) is 0 Å². The van der Waals surface area contributed by atoms with E-state index in [-0.39, 0.29) is 18.9 Å². The number of hydrogen-bond acceptors (Lipinski definition) is 10. The van der Waals surface area contributed by atoms with Crippen LogP contribution in [0.4, 0.5) is 0 Å². The number of aliphatic hydroxyl groups excluding tert-OH is 4. The predicted octanol–water partition coefficient (Wildman–Crippen LogP) is 15.3. The van der Waals surface area contributed by atoms with Crippen LogP contribution in [0.1, 0.15) is 296 Å². The lowest BCUT2D eigenvalue weighted by molar-refractivity contribution is -0.298. The fraction of sp³-hybridized carbons (Fsp3) is 0.887. The van der Waals surface area contributed by atoms with Crippen LogP contribution in [-0.2, 0) is 28.9 Å². The predicted molar refractivity (Wildman–Crippen MR) is 310 cm³/mol. The number of amides is 1. The average molecular weight is 1080 g/mol. The van der Waals surface area contributed by atoms with Gasteiger partial charge in [0.05, 0.1) is 25.4 Å². The lowest BCUT2D eigenvalue weighted by Crippen LogP contribution is -2.61. The summed E-state index contributed by atoms with van der Waals surface area (Å²) in [6.07, 6.45) is 58.4. The summed E-state index contributed by atoms with van der Waals surface area (Å²) < 4.78 is 47.7. The van der Waals surface area contributed by atoms with E-state index in [1.165, 1.54) is 218 Å². The molecule has 7 atom stereocenters. The van der Waals surface area contributed by atoms with Crippen LogP contribution in [0.5, 0.6) is 0 Å². The number of carbonyl (C=O) groups is 1. The van der Waals surface area contributed by atoms with Gasteiger partial charge in [-0.2, -0.15) is 8.42 Å². The summed E-state index contributed by atoms with van der Waals surface area (Å²) >= 11 is 0. The van der Waals surface area contributed by atoms with Crippen molar-refractivity contribution in [3.05, 3.63) is 36.5 Å². The molecule has 7 unspecified atom stereocenters. The maximum Gasteiger partial charge on any atom is 0.397 e. The van der Waals surface area contributed by atoms with Gasteiger partial charge in [0, 0.05) is 6.42 Å². The fourth-order valence-corrected chi connectivity index (χ4v) is 10.6. The SMILES string of the molecule is CCCCCCCCC/C=C/C(O)C(COC1OC(CO)C(O)C(OS(=O)(=O)O)C1O)NC(=O)CCCCCCCCCCCCCCCCCCC/C=C\C/C=C\CCCCCCCCCCCCCCCCC.